The average Bonchev–Trinajstić information content (AvgIpc) is 2.83. The molecular weight excluding hydrogens is 260 g/mol. The lowest BCUT2D eigenvalue weighted by Gasteiger charge is -2.08. The van der Waals surface area contributed by atoms with Crippen molar-refractivity contribution in [1.82, 2.24) is 4.90 Å². The molecular formula is C18H37N2O+. The minimum absolute atomic E-state index is 0.267. The van der Waals surface area contributed by atoms with Crippen LogP contribution in [0.3, 0.4) is 0 Å². The Balaban J connectivity index is 1.95. The maximum absolute atomic E-state index is 9.02. The first-order valence-corrected chi connectivity index (χ1v) is 9.24. The predicted octanol–water partition coefficient (Wildman–Crippen LogP) is 3.65. The molecule has 1 heterocycles. The van der Waals surface area contributed by atoms with Crippen LogP contribution in [-0.2, 0) is 0 Å². The second-order valence-corrected chi connectivity index (χ2v) is 6.43. The first-order chi connectivity index (χ1) is 10.3. The van der Waals surface area contributed by atoms with Gasteiger partial charge in [0.15, 0.2) is 0 Å². The number of aliphatic hydroxyl groups is 1. The van der Waals surface area contributed by atoms with Gasteiger partial charge < -0.3 is 5.11 Å². The normalized spacial score (nSPS) is 15.3. The van der Waals surface area contributed by atoms with Crippen LogP contribution in [0.1, 0.15) is 78.1 Å². The van der Waals surface area contributed by atoms with Crippen molar-refractivity contribution >= 4 is 5.84 Å². The molecule has 1 aliphatic heterocycles. The Morgan fingerprint density at radius 3 is 2.10 bits per heavy atom. The summed E-state index contributed by atoms with van der Waals surface area (Å²) in [7, 11) is 0. The lowest BCUT2D eigenvalue weighted by Crippen LogP contribution is -2.29. The topological polar surface area (TPSA) is 26.5 Å². The van der Waals surface area contributed by atoms with Gasteiger partial charge in [0.2, 0.25) is 5.84 Å². The van der Waals surface area contributed by atoms with Crippen LogP contribution in [0.25, 0.3) is 0 Å². The smallest absolute Gasteiger partial charge is 0.243 e. The van der Waals surface area contributed by atoms with Crippen LogP contribution in [0.5, 0.6) is 0 Å². The van der Waals surface area contributed by atoms with Gasteiger partial charge >= 0.3 is 0 Å². The molecule has 0 atom stereocenters. The van der Waals surface area contributed by atoms with E-state index < -0.39 is 0 Å². The monoisotopic (exact) mass is 297 g/mol. The van der Waals surface area contributed by atoms with Crippen LogP contribution < -0.4 is 0 Å². The summed E-state index contributed by atoms with van der Waals surface area (Å²) >= 11 is 0. The number of unbranched alkanes of at least 4 members (excludes halogenated alkanes) is 9. The number of nitrogens with zero attached hydrogens (tertiary/aromatic N) is 2. The fraction of sp³-hybridized carbons (Fsp3) is 0.944. The zero-order valence-corrected chi connectivity index (χ0v) is 14.4. The zero-order valence-electron chi connectivity index (χ0n) is 14.4. The Labute approximate surface area is 132 Å². The second-order valence-electron chi connectivity index (χ2n) is 6.43. The first kappa shape index (κ1) is 18.5. The van der Waals surface area contributed by atoms with Crippen molar-refractivity contribution in [3.05, 3.63) is 0 Å². The zero-order chi connectivity index (χ0) is 15.3. The van der Waals surface area contributed by atoms with Crippen molar-refractivity contribution in [3.8, 4) is 0 Å². The molecule has 3 nitrogen and oxygen atoms in total. The van der Waals surface area contributed by atoms with Crippen molar-refractivity contribution in [1.29, 1.82) is 0 Å². The van der Waals surface area contributed by atoms with Crippen LogP contribution >= 0.6 is 0 Å². The fourth-order valence-corrected chi connectivity index (χ4v) is 3.22. The summed E-state index contributed by atoms with van der Waals surface area (Å²) in [6.07, 6.45) is 14.0. The summed E-state index contributed by atoms with van der Waals surface area (Å²) < 4.78 is 2.49. The number of β-amino-alcohol motifs (C(OH)–C–C–N with tert-alkyl or cyclic N) is 1. The van der Waals surface area contributed by atoms with Crippen LogP contribution in [0.4, 0.5) is 0 Å². The lowest BCUT2D eigenvalue weighted by atomic mass is 10.1. The van der Waals surface area contributed by atoms with Crippen molar-refractivity contribution in [3.63, 3.8) is 0 Å². The SMILES string of the molecule is CCCCCCCCCCCC[N+]1=C(C)N(CCO)CC1. The van der Waals surface area contributed by atoms with Gasteiger partial charge in [-0.15, -0.1) is 0 Å². The number of amidine groups is 1. The Hall–Kier alpha value is -0.570. The van der Waals surface area contributed by atoms with E-state index in [0.29, 0.717) is 0 Å². The third-order valence-corrected chi connectivity index (χ3v) is 4.71. The Morgan fingerprint density at radius 1 is 0.952 bits per heavy atom. The molecule has 0 aliphatic carbocycles. The highest BCUT2D eigenvalue weighted by Crippen LogP contribution is 2.11. The molecule has 0 saturated carbocycles. The van der Waals surface area contributed by atoms with E-state index in [1.54, 1.807) is 0 Å². The molecule has 3 heteroatoms. The highest BCUT2D eigenvalue weighted by Gasteiger charge is 2.25. The van der Waals surface area contributed by atoms with Gasteiger partial charge in [-0.05, 0) is 12.8 Å². The van der Waals surface area contributed by atoms with Crippen LogP contribution in [0, 0.1) is 0 Å². The minimum atomic E-state index is 0.267. The molecule has 0 saturated heterocycles. The van der Waals surface area contributed by atoms with E-state index >= 15 is 0 Å². The molecule has 0 unspecified atom stereocenters. The summed E-state index contributed by atoms with van der Waals surface area (Å²) in [6, 6.07) is 0. The third-order valence-electron chi connectivity index (χ3n) is 4.71. The van der Waals surface area contributed by atoms with E-state index in [-0.39, 0.29) is 6.61 Å². The van der Waals surface area contributed by atoms with Gasteiger partial charge in [0, 0.05) is 6.92 Å². The van der Waals surface area contributed by atoms with E-state index in [9.17, 15) is 0 Å². The summed E-state index contributed by atoms with van der Waals surface area (Å²) in [5.41, 5.74) is 0. The highest BCUT2D eigenvalue weighted by molar-refractivity contribution is 5.75. The fourth-order valence-electron chi connectivity index (χ4n) is 3.22. The average molecular weight is 298 g/mol. The number of rotatable bonds is 13. The molecule has 0 aromatic rings. The maximum atomic E-state index is 9.02. The van der Waals surface area contributed by atoms with Gasteiger partial charge in [-0.2, -0.15) is 0 Å². The summed E-state index contributed by atoms with van der Waals surface area (Å²) in [5.74, 6) is 1.36. The lowest BCUT2D eigenvalue weighted by molar-refractivity contribution is -0.519. The van der Waals surface area contributed by atoms with Gasteiger partial charge in [-0.1, -0.05) is 58.3 Å². The molecule has 1 rings (SSSR count). The summed E-state index contributed by atoms with van der Waals surface area (Å²) in [5, 5.41) is 9.02. The summed E-state index contributed by atoms with van der Waals surface area (Å²) in [6.45, 7) is 8.96. The number of hydrogen-bond acceptors (Lipinski definition) is 2. The molecule has 0 bridgehead atoms. The van der Waals surface area contributed by atoms with Crippen LogP contribution in [0.15, 0.2) is 0 Å². The van der Waals surface area contributed by atoms with Gasteiger partial charge in [0.05, 0.1) is 13.2 Å². The van der Waals surface area contributed by atoms with Crippen LogP contribution in [-0.4, -0.2) is 53.2 Å². The number of hydrogen-bond donors (Lipinski definition) is 1. The van der Waals surface area contributed by atoms with Gasteiger partial charge in [-0.3, -0.25) is 9.48 Å². The molecule has 0 aromatic carbocycles. The molecule has 0 fully saturated rings. The van der Waals surface area contributed by atoms with Gasteiger partial charge in [0.1, 0.15) is 19.6 Å². The Bertz CT molecular complexity index is 289. The van der Waals surface area contributed by atoms with Gasteiger partial charge in [-0.25, -0.2) is 0 Å². The van der Waals surface area contributed by atoms with E-state index in [2.05, 4.69) is 23.3 Å². The summed E-state index contributed by atoms with van der Waals surface area (Å²) in [4.78, 5) is 2.30. The van der Waals surface area contributed by atoms with Crippen molar-refractivity contribution < 1.29 is 9.68 Å². The second kappa shape index (κ2) is 12.0. The molecule has 0 amide bonds. The quantitative estimate of drug-likeness (QED) is 0.415. The molecule has 0 radical (unpaired) electrons. The molecule has 124 valence electrons. The van der Waals surface area contributed by atoms with Gasteiger partial charge in [0.25, 0.3) is 0 Å². The minimum Gasteiger partial charge on any atom is -0.392 e. The third kappa shape index (κ3) is 7.85. The van der Waals surface area contributed by atoms with Crippen molar-refractivity contribution in [2.24, 2.45) is 0 Å². The molecule has 1 N–H and O–H groups in total. The van der Waals surface area contributed by atoms with Crippen LogP contribution in [0.2, 0.25) is 0 Å². The molecule has 0 aromatic heterocycles. The van der Waals surface area contributed by atoms with E-state index in [1.807, 2.05) is 0 Å². The molecule has 0 spiro atoms. The van der Waals surface area contributed by atoms with E-state index in [4.69, 9.17) is 5.11 Å². The van der Waals surface area contributed by atoms with Crippen molar-refractivity contribution in [2.45, 2.75) is 78.1 Å². The highest BCUT2D eigenvalue weighted by atomic mass is 16.3. The molecule has 1 aliphatic rings. The standard InChI is InChI=1S/C18H37N2O/c1-3-4-5-6-7-8-9-10-11-12-13-19-14-15-20(16-17-21)18(19)2/h21H,3-17H2,1-2H3/q+1. The maximum Gasteiger partial charge on any atom is 0.243 e. The molecule has 21 heavy (non-hydrogen) atoms. The first-order valence-electron chi connectivity index (χ1n) is 9.24. The van der Waals surface area contributed by atoms with E-state index in [0.717, 1.165) is 19.6 Å². The largest absolute Gasteiger partial charge is 0.392 e. The number of aliphatic hydroxyl groups excluding tert-OH is 1. The van der Waals surface area contributed by atoms with E-state index in [1.165, 1.54) is 76.6 Å². The predicted molar refractivity (Wildman–Crippen MR) is 91.2 cm³/mol. The van der Waals surface area contributed by atoms with Crippen molar-refractivity contribution in [2.75, 3.05) is 32.8 Å². The Kier molecular flexibility index (Phi) is 10.6. The Morgan fingerprint density at radius 2 is 1.52 bits per heavy atom.